The topological polar surface area (TPSA) is 32.3 Å². The maximum Gasteiger partial charge on any atom is 0.0580 e. The number of aryl methyl sites for hydroxylation is 2. The standard InChI is InChI=1S/C30H49NO/c1-4-7-22-31-23-15-13-11-9-8-10-12-14-18-28(32)24-27-17-16-19-29-25(5-2)20-21-26(6-3)30(27)29/h16-17,19-21,28,31-32H,4-15,18,22-24H2,1-3H3. The van der Waals surface area contributed by atoms with Gasteiger partial charge in [-0.15, -0.1) is 0 Å². The van der Waals surface area contributed by atoms with Crippen LogP contribution in [0.25, 0.3) is 10.8 Å². The number of benzene rings is 2. The number of unbranched alkanes of at least 4 members (excludes halogenated alkanes) is 8. The van der Waals surface area contributed by atoms with E-state index in [9.17, 15) is 5.11 Å². The van der Waals surface area contributed by atoms with Crippen molar-refractivity contribution in [3.63, 3.8) is 0 Å². The molecular weight excluding hydrogens is 390 g/mol. The Morgan fingerprint density at radius 2 is 1.31 bits per heavy atom. The van der Waals surface area contributed by atoms with Gasteiger partial charge in [0.1, 0.15) is 0 Å². The van der Waals surface area contributed by atoms with Crippen molar-refractivity contribution in [1.29, 1.82) is 0 Å². The highest BCUT2D eigenvalue weighted by molar-refractivity contribution is 5.91. The molecule has 0 spiro atoms. The molecule has 1 atom stereocenters. The molecule has 0 saturated heterocycles. The summed E-state index contributed by atoms with van der Waals surface area (Å²) >= 11 is 0. The van der Waals surface area contributed by atoms with Crippen LogP contribution in [0.15, 0.2) is 30.3 Å². The maximum atomic E-state index is 10.7. The second-order valence-electron chi connectivity index (χ2n) is 9.51. The molecule has 1 unspecified atom stereocenters. The first-order valence-corrected chi connectivity index (χ1v) is 13.6. The van der Waals surface area contributed by atoms with Crippen molar-refractivity contribution in [2.24, 2.45) is 0 Å². The Bertz CT molecular complexity index is 754. The van der Waals surface area contributed by atoms with E-state index >= 15 is 0 Å². The Morgan fingerprint density at radius 3 is 2.00 bits per heavy atom. The largest absolute Gasteiger partial charge is 0.393 e. The molecule has 0 aromatic heterocycles. The van der Waals surface area contributed by atoms with Crippen LogP contribution in [0.5, 0.6) is 0 Å². The van der Waals surface area contributed by atoms with E-state index in [1.165, 1.54) is 98.3 Å². The molecule has 0 aliphatic rings. The van der Waals surface area contributed by atoms with Gasteiger partial charge in [0.2, 0.25) is 0 Å². The molecule has 2 N–H and O–H groups in total. The van der Waals surface area contributed by atoms with Crippen LogP contribution < -0.4 is 5.32 Å². The lowest BCUT2D eigenvalue weighted by atomic mass is 9.90. The molecule has 2 aromatic rings. The van der Waals surface area contributed by atoms with Crippen LogP contribution in [0.1, 0.15) is 108 Å². The molecule has 2 nitrogen and oxygen atoms in total. The Kier molecular flexibility index (Phi) is 13.7. The van der Waals surface area contributed by atoms with Gasteiger partial charge in [-0.25, -0.2) is 0 Å². The second-order valence-corrected chi connectivity index (χ2v) is 9.51. The van der Waals surface area contributed by atoms with E-state index in [2.05, 4.69) is 56.4 Å². The lowest BCUT2D eigenvalue weighted by Gasteiger charge is -2.16. The van der Waals surface area contributed by atoms with E-state index in [1.54, 1.807) is 0 Å². The summed E-state index contributed by atoms with van der Waals surface area (Å²) < 4.78 is 0. The SMILES string of the molecule is CCCCNCCCCCCCCCCC(O)Cc1cccc2c(CC)ccc(CC)c12. The number of hydrogen-bond acceptors (Lipinski definition) is 2. The fraction of sp³-hybridized carbons (Fsp3) is 0.667. The molecule has 0 saturated carbocycles. The smallest absolute Gasteiger partial charge is 0.0580 e. The molecular formula is C30H49NO. The van der Waals surface area contributed by atoms with Crippen molar-refractivity contribution in [2.45, 2.75) is 117 Å². The molecule has 0 bridgehead atoms. The van der Waals surface area contributed by atoms with Crippen LogP contribution in [0.4, 0.5) is 0 Å². The van der Waals surface area contributed by atoms with Gasteiger partial charge in [-0.3, -0.25) is 0 Å². The maximum absolute atomic E-state index is 10.7. The molecule has 2 rings (SSSR count). The van der Waals surface area contributed by atoms with Crippen LogP contribution in [0.3, 0.4) is 0 Å². The summed E-state index contributed by atoms with van der Waals surface area (Å²) in [5, 5.41) is 17.0. The average molecular weight is 440 g/mol. The Hall–Kier alpha value is -1.38. The van der Waals surface area contributed by atoms with Gasteiger partial charge in [-0.2, -0.15) is 0 Å². The molecule has 0 amide bonds. The van der Waals surface area contributed by atoms with Crippen molar-refractivity contribution in [2.75, 3.05) is 13.1 Å². The minimum absolute atomic E-state index is 0.226. The number of hydrogen-bond donors (Lipinski definition) is 2. The third-order valence-corrected chi connectivity index (χ3v) is 6.87. The first-order chi connectivity index (χ1) is 15.7. The minimum Gasteiger partial charge on any atom is -0.393 e. The fourth-order valence-corrected chi connectivity index (χ4v) is 4.87. The molecule has 0 heterocycles. The van der Waals surface area contributed by atoms with E-state index < -0.39 is 0 Å². The van der Waals surface area contributed by atoms with Crippen molar-refractivity contribution < 1.29 is 5.11 Å². The first kappa shape index (κ1) is 26.9. The zero-order valence-corrected chi connectivity index (χ0v) is 21.2. The van der Waals surface area contributed by atoms with Crippen molar-refractivity contribution in [3.8, 4) is 0 Å². The molecule has 0 fully saturated rings. The molecule has 0 aliphatic carbocycles. The van der Waals surface area contributed by atoms with Gasteiger partial charge in [0.05, 0.1) is 6.10 Å². The third kappa shape index (κ3) is 9.24. The normalized spacial score (nSPS) is 12.5. The lowest BCUT2D eigenvalue weighted by Crippen LogP contribution is -2.16. The third-order valence-electron chi connectivity index (χ3n) is 6.87. The van der Waals surface area contributed by atoms with Crippen molar-refractivity contribution >= 4 is 10.8 Å². The minimum atomic E-state index is -0.226. The summed E-state index contributed by atoms with van der Waals surface area (Å²) in [7, 11) is 0. The van der Waals surface area contributed by atoms with E-state index in [0.29, 0.717) is 0 Å². The number of nitrogens with one attached hydrogen (secondary N) is 1. The van der Waals surface area contributed by atoms with E-state index in [-0.39, 0.29) is 6.10 Å². The molecule has 0 aliphatic heterocycles. The highest BCUT2D eigenvalue weighted by atomic mass is 16.3. The van der Waals surface area contributed by atoms with Crippen LogP contribution >= 0.6 is 0 Å². The predicted molar refractivity (Wildman–Crippen MR) is 142 cm³/mol. The van der Waals surface area contributed by atoms with Crippen molar-refractivity contribution in [3.05, 3.63) is 47.0 Å². The Morgan fingerprint density at radius 1 is 0.688 bits per heavy atom. The summed E-state index contributed by atoms with van der Waals surface area (Å²) in [6.45, 7) is 9.08. The van der Waals surface area contributed by atoms with Gasteiger partial charge < -0.3 is 10.4 Å². The van der Waals surface area contributed by atoms with Gasteiger partial charge in [0.15, 0.2) is 0 Å². The summed E-state index contributed by atoms with van der Waals surface area (Å²) in [5.41, 5.74) is 4.16. The summed E-state index contributed by atoms with van der Waals surface area (Å²) in [4.78, 5) is 0. The molecule has 2 heteroatoms. The number of aliphatic hydroxyl groups excluding tert-OH is 1. The van der Waals surface area contributed by atoms with Gasteiger partial charge in [0.25, 0.3) is 0 Å². The van der Waals surface area contributed by atoms with Crippen LogP contribution in [-0.4, -0.2) is 24.3 Å². The Labute approximate surface area is 198 Å². The number of aliphatic hydroxyl groups is 1. The zero-order chi connectivity index (χ0) is 23.0. The first-order valence-electron chi connectivity index (χ1n) is 13.6. The second kappa shape index (κ2) is 16.3. The molecule has 2 aromatic carbocycles. The highest BCUT2D eigenvalue weighted by Gasteiger charge is 2.12. The highest BCUT2D eigenvalue weighted by Crippen LogP contribution is 2.28. The predicted octanol–water partition coefficient (Wildman–Crippen LogP) is 7.77. The van der Waals surface area contributed by atoms with Crippen LogP contribution in [0, 0.1) is 0 Å². The van der Waals surface area contributed by atoms with E-state index in [4.69, 9.17) is 0 Å². The summed E-state index contributed by atoms with van der Waals surface area (Å²) in [6.07, 6.45) is 16.7. The van der Waals surface area contributed by atoms with Gasteiger partial charge in [-0.05, 0) is 79.1 Å². The van der Waals surface area contributed by atoms with Gasteiger partial charge in [0, 0.05) is 0 Å². The molecule has 0 radical (unpaired) electrons. The number of rotatable bonds is 18. The quantitative estimate of drug-likeness (QED) is 0.232. The Balaban J connectivity index is 1.64. The average Bonchev–Trinajstić information content (AvgIpc) is 2.81. The monoisotopic (exact) mass is 439 g/mol. The van der Waals surface area contributed by atoms with Crippen LogP contribution in [-0.2, 0) is 19.3 Å². The molecule has 180 valence electrons. The summed E-state index contributed by atoms with van der Waals surface area (Å²) in [6, 6.07) is 11.2. The summed E-state index contributed by atoms with van der Waals surface area (Å²) in [5.74, 6) is 0. The fourth-order valence-electron chi connectivity index (χ4n) is 4.87. The zero-order valence-electron chi connectivity index (χ0n) is 21.2. The van der Waals surface area contributed by atoms with Gasteiger partial charge in [-0.1, -0.05) is 102 Å². The lowest BCUT2D eigenvalue weighted by molar-refractivity contribution is 0.161. The molecule has 32 heavy (non-hydrogen) atoms. The number of fused-ring (bicyclic) bond motifs is 1. The van der Waals surface area contributed by atoms with E-state index in [0.717, 1.165) is 32.1 Å². The van der Waals surface area contributed by atoms with Crippen molar-refractivity contribution in [1.82, 2.24) is 5.32 Å². The van der Waals surface area contributed by atoms with Gasteiger partial charge >= 0.3 is 0 Å². The van der Waals surface area contributed by atoms with E-state index in [1.807, 2.05) is 0 Å². The van der Waals surface area contributed by atoms with Crippen LogP contribution in [0.2, 0.25) is 0 Å².